The zero-order chi connectivity index (χ0) is 24.9. The molecule has 9 heteroatoms. The van der Waals surface area contributed by atoms with E-state index in [1.165, 1.54) is 30.0 Å². The zero-order valence-corrected chi connectivity index (χ0v) is 20.4. The number of ether oxygens (including phenoxy) is 1. The van der Waals surface area contributed by atoms with Gasteiger partial charge in [-0.15, -0.1) is 0 Å². The standard InChI is InChI=1S/C27H23FN4O3S/c1-2-14-32-26(33)22-15-20(28)10-13-23(22)29-27(32)36-17-24-30-25(31-35-24)19-8-11-21(12-9-19)34-16-18-6-4-3-5-7-18/h3-13,15H,2,14,16-17H2,1H3. The first-order valence-electron chi connectivity index (χ1n) is 11.5. The van der Waals surface area contributed by atoms with Gasteiger partial charge in [0.05, 0.1) is 16.7 Å². The van der Waals surface area contributed by atoms with Gasteiger partial charge in [0.25, 0.3) is 5.56 Å². The maximum atomic E-state index is 13.7. The van der Waals surface area contributed by atoms with E-state index in [-0.39, 0.29) is 10.9 Å². The second-order valence-corrected chi connectivity index (χ2v) is 9.05. The molecule has 0 saturated heterocycles. The van der Waals surface area contributed by atoms with Gasteiger partial charge in [0.2, 0.25) is 11.7 Å². The number of halogens is 1. The van der Waals surface area contributed by atoms with Crippen molar-refractivity contribution in [3.05, 3.63) is 100 Å². The van der Waals surface area contributed by atoms with E-state index in [2.05, 4.69) is 15.1 Å². The summed E-state index contributed by atoms with van der Waals surface area (Å²) in [6.45, 7) is 2.94. The fourth-order valence-corrected chi connectivity index (χ4v) is 4.56. The average Bonchev–Trinajstić information content (AvgIpc) is 3.38. The zero-order valence-electron chi connectivity index (χ0n) is 19.6. The summed E-state index contributed by atoms with van der Waals surface area (Å²) in [6, 6.07) is 21.5. The van der Waals surface area contributed by atoms with Gasteiger partial charge in [-0.2, -0.15) is 4.98 Å². The smallest absolute Gasteiger partial charge is 0.262 e. The summed E-state index contributed by atoms with van der Waals surface area (Å²) >= 11 is 1.33. The number of thioether (sulfide) groups is 1. The van der Waals surface area contributed by atoms with Crippen molar-refractivity contribution in [2.75, 3.05) is 0 Å². The molecule has 182 valence electrons. The minimum atomic E-state index is -0.459. The molecule has 0 atom stereocenters. The van der Waals surface area contributed by atoms with Crippen molar-refractivity contribution in [1.82, 2.24) is 19.7 Å². The Balaban J connectivity index is 1.28. The molecule has 0 aliphatic heterocycles. The molecule has 5 rings (SSSR count). The molecule has 0 unspecified atom stereocenters. The number of nitrogens with zero attached hydrogens (tertiary/aromatic N) is 4. The first-order valence-corrected chi connectivity index (χ1v) is 12.5. The fraction of sp³-hybridized carbons (Fsp3) is 0.185. The monoisotopic (exact) mass is 502 g/mol. The Morgan fingerprint density at radius 1 is 1.03 bits per heavy atom. The van der Waals surface area contributed by atoms with Crippen molar-refractivity contribution in [3.63, 3.8) is 0 Å². The van der Waals surface area contributed by atoms with Crippen LogP contribution >= 0.6 is 11.8 Å². The highest BCUT2D eigenvalue weighted by Crippen LogP contribution is 2.25. The van der Waals surface area contributed by atoms with E-state index in [4.69, 9.17) is 9.26 Å². The van der Waals surface area contributed by atoms with Gasteiger partial charge in [0.1, 0.15) is 18.2 Å². The number of rotatable bonds is 9. The fourth-order valence-electron chi connectivity index (χ4n) is 3.70. The van der Waals surface area contributed by atoms with Crippen molar-refractivity contribution in [3.8, 4) is 17.1 Å². The van der Waals surface area contributed by atoms with E-state index >= 15 is 0 Å². The van der Waals surface area contributed by atoms with Crippen molar-refractivity contribution < 1.29 is 13.7 Å². The molecule has 0 bridgehead atoms. The summed E-state index contributed by atoms with van der Waals surface area (Å²) < 4.78 is 26.5. The highest BCUT2D eigenvalue weighted by atomic mass is 32.2. The predicted octanol–water partition coefficient (Wildman–Crippen LogP) is 5.87. The highest BCUT2D eigenvalue weighted by Gasteiger charge is 2.15. The topological polar surface area (TPSA) is 83.0 Å². The van der Waals surface area contributed by atoms with Crippen LogP contribution < -0.4 is 10.3 Å². The molecule has 7 nitrogen and oxygen atoms in total. The van der Waals surface area contributed by atoms with Crippen molar-refractivity contribution >= 4 is 22.7 Å². The molecule has 0 amide bonds. The lowest BCUT2D eigenvalue weighted by Crippen LogP contribution is -2.23. The SMILES string of the molecule is CCCn1c(SCc2nc(-c3ccc(OCc4ccccc4)cc3)no2)nc2ccc(F)cc2c1=O. The lowest BCUT2D eigenvalue weighted by Gasteiger charge is -2.11. The minimum Gasteiger partial charge on any atom is -0.489 e. The molecule has 3 aromatic carbocycles. The van der Waals surface area contributed by atoms with Gasteiger partial charge in [-0.25, -0.2) is 9.37 Å². The van der Waals surface area contributed by atoms with E-state index in [0.29, 0.717) is 41.3 Å². The van der Waals surface area contributed by atoms with Gasteiger partial charge in [-0.1, -0.05) is 54.2 Å². The third-order valence-corrected chi connectivity index (χ3v) is 6.44. The van der Waals surface area contributed by atoms with Crippen LogP contribution in [0.4, 0.5) is 4.39 Å². The van der Waals surface area contributed by atoms with Gasteiger partial charge < -0.3 is 9.26 Å². The summed E-state index contributed by atoms with van der Waals surface area (Å²) in [4.78, 5) is 22.0. The Hall–Kier alpha value is -3.98. The van der Waals surface area contributed by atoms with Crippen LogP contribution in [0.25, 0.3) is 22.3 Å². The summed E-state index contributed by atoms with van der Waals surface area (Å²) in [5.74, 6) is 1.51. The van der Waals surface area contributed by atoms with Crippen LogP contribution in [0.15, 0.2) is 87.3 Å². The van der Waals surface area contributed by atoms with Crippen molar-refractivity contribution in [2.24, 2.45) is 0 Å². The maximum Gasteiger partial charge on any atom is 0.262 e. The Morgan fingerprint density at radius 3 is 2.61 bits per heavy atom. The van der Waals surface area contributed by atoms with Crippen LogP contribution in [0.3, 0.4) is 0 Å². The summed E-state index contributed by atoms with van der Waals surface area (Å²) in [7, 11) is 0. The minimum absolute atomic E-state index is 0.260. The Labute approximate surface area is 211 Å². The molecule has 0 saturated carbocycles. The summed E-state index contributed by atoms with van der Waals surface area (Å²) in [5, 5.41) is 4.88. The van der Waals surface area contributed by atoms with E-state index < -0.39 is 5.82 Å². The number of hydrogen-bond donors (Lipinski definition) is 0. The Morgan fingerprint density at radius 2 is 1.83 bits per heavy atom. The molecule has 36 heavy (non-hydrogen) atoms. The lowest BCUT2D eigenvalue weighted by atomic mass is 10.2. The molecule has 0 spiro atoms. The van der Waals surface area contributed by atoms with Crippen LogP contribution in [0, 0.1) is 5.82 Å². The molecule has 2 heterocycles. The maximum absolute atomic E-state index is 13.7. The van der Waals surface area contributed by atoms with E-state index in [1.807, 2.05) is 61.5 Å². The number of fused-ring (bicyclic) bond motifs is 1. The largest absolute Gasteiger partial charge is 0.489 e. The Bertz CT molecular complexity index is 1540. The van der Waals surface area contributed by atoms with Crippen LogP contribution in [0.1, 0.15) is 24.8 Å². The van der Waals surface area contributed by atoms with Crippen LogP contribution in [-0.4, -0.2) is 19.7 Å². The second kappa shape index (κ2) is 10.7. The molecule has 0 radical (unpaired) electrons. The van der Waals surface area contributed by atoms with Crippen LogP contribution in [0.5, 0.6) is 5.75 Å². The lowest BCUT2D eigenvalue weighted by molar-refractivity contribution is 0.306. The van der Waals surface area contributed by atoms with E-state index in [0.717, 1.165) is 23.3 Å². The molecule has 0 aliphatic rings. The third kappa shape index (κ3) is 5.31. The van der Waals surface area contributed by atoms with Gasteiger partial charge in [0.15, 0.2) is 5.16 Å². The quantitative estimate of drug-likeness (QED) is 0.184. The highest BCUT2D eigenvalue weighted by molar-refractivity contribution is 7.98. The van der Waals surface area contributed by atoms with Crippen LogP contribution in [0.2, 0.25) is 0 Å². The van der Waals surface area contributed by atoms with Crippen molar-refractivity contribution in [2.45, 2.75) is 37.4 Å². The first-order chi connectivity index (χ1) is 17.6. The van der Waals surface area contributed by atoms with Gasteiger partial charge in [-0.3, -0.25) is 9.36 Å². The average molecular weight is 503 g/mol. The Kier molecular flexibility index (Phi) is 7.08. The van der Waals surface area contributed by atoms with E-state index in [1.54, 1.807) is 4.57 Å². The molecule has 5 aromatic rings. The molecule has 0 aliphatic carbocycles. The second-order valence-electron chi connectivity index (χ2n) is 8.11. The molecule has 0 N–H and O–H groups in total. The molecule has 2 aromatic heterocycles. The number of aromatic nitrogens is 4. The van der Waals surface area contributed by atoms with E-state index in [9.17, 15) is 9.18 Å². The molecular formula is C27H23FN4O3S. The summed E-state index contributed by atoms with van der Waals surface area (Å²) in [5.41, 5.74) is 2.09. The van der Waals surface area contributed by atoms with Gasteiger partial charge in [0, 0.05) is 12.1 Å². The first kappa shape index (κ1) is 23.7. The summed E-state index contributed by atoms with van der Waals surface area (Å²) in [6.07, 6.45) is 0.742. The molecular weight excluding hydrogens is 479 g/mol. The van der Waals surface area contributed by atoms with Crippen molar-refractivity contribution in [1.29, 1.82) is 0 Å². The van der Waals surface area contributed by atoms with Gasteiger partial charge >= 0.3 is 0 Å². The predicted molar refractivity (Wildman–Crippen MR) is 136 cm³/mol. The number of hydrogen-bond acceptors (Lipinski definition) is 7. The third-order valence-electron chi connectivity index (χ3n) is 5.48. The van der Waals surface area contributed by atoms with Crippen LogP contribution in [-0.2, 0) is 18.9 Å². The normalized spacial score (nSPS) is 11.2. The number of benzene rings is 3. The van der Waals surface area contributed by atoms with Gasteiger partial charge in [-0.05, 0) is 54.4 Å². The molecule has 0 fully saturated rings.